The minimum Gasteiger partial charge on any atom is -0.495 e. The first-order valence-corrected chi connectivity index (χ1v) is 10.6. The number of benzene rings is 3. The van der Waals surface area contributed by atoms with Gasteiger partial charge in [0.25, 0.3) is 11.8 Å². The monoisotopic (exact) mass is 462 g/mol. The molecule has 2 amide bonds. The lowest BCUT2D eigenvalue weighted by atomic mass is 10.1. The number of amides is 2. The quantitative estimate of drug-likeness (QED) is 0.464. The van der Waals surface area contributed by atoms with Gasteiger partial charge in [-0.05, 0) is 61.4 Å². The third kappa shape index (κ3) is 6.59. The highest BCUT2D eigenvalue weighted by Gasteiger charge is 2.12. The summed E-state index contributed by atoms with van der Waals surface area (Å²) >= 11 is 0. The number of ether oxygens (including phenoxy) is 3. The number of hydrogen-bond donors (Lipinski definition) is 2. The molecule has 3 aromatic rings. The Hall–Kier alpha value is -4.33. The van der Waals surface area contributed by atoms with Gasteiger partial charge >= 0.3 is 5.97 Å². The van der Waals surface area contributed by atoms with Crippen LogP contribution in [0.3, 0.4) is 0 Å². The average molecular weight is 463 g/mol. The van der Waals surface area contributed by atoms with E-state index < -0.39 is 18.5 Å². The van der Waals surface area contributed by atoms with Crippen LogP contribution in [0.15, 0.2) is 66.7 Å². The minimum absolute atomic E-state index is 0.297. The van der Waals surface area contributed by atoms with E-state index in [1.54, 1.807) is 48.5 Å². The predicted octanol–water partition coefficient (Wildman–Crippen LogP) is 4.13. The van der Waals surface area contributed by atoms with E-state index in [0.717, 1.165) is 11.1 Å². The molecule has 0 spiro atoms. The van der Waals surface area contributed by atoms with E-state index in [-0.39, 0.29) is 12.5 Å². The fraction of sp³-hybridized carbons (Fsp3) is 0.192. The number of aryl methyl sites for hydroxylation is 2. The largest absolute Gasteiger partial charge is 0.495 e. The molecule has 0 aliphatic carbocycles. The van der Waals surface area contributed by atoms with Gasteiger partial charge in [0.05, 0.1) is 12.8 Å². The summed E-state index contributed by atoms with van der Waals surface area (Å²) in [5, 5.41) is 5.40. The van der Waals surface area contributed by atoms with E-state index in [9.17, 15) is 14.4 Å². The maximum absolute atomic E-state index is 12.5. The number of esters is 1. The van der Waals surface area contributed by atoms with Crippen molar-refractivity contribution in [3.63, 3.8) is 0 Å². The Kier molecular flexibility index (Phi) is 8.23. The highest BCUT2D eigenvalue weighted by molar-refractivity contribution is 6.05. The van der Waals surface area contributed by atoms with Gasteiger partial charge in [-0.15, -0.1) is 0 Å². The molecule has 0 unspecified atom stereocenters. The third-order valence-corrected chi connectivity index (χ3v) is 4.89. The first kappa shape index (κ1) is 24.3. The van der Waals surface area contributed by atoms with Crippen LogP contribution in [0.25, 0.3) is 0 Å². The predicted molar refractivity (Wildman–Crippen MR) is 128 cm³/mol. The van der Waals surface area contributed by atoms with Gasteiger partial charge in [-0.3, -0.25) is 9.59 Å². The van der Waals surface area contributed by atoms with Gasteiger partial charge in [0.1, 0.15) is 11.5 Å². The van der Waals surface area contributed by atoms with Crippen molar-refractivity contribution in [2.24, 2.45) is 0 Å². The van der Waals surface area contributed by atoms with Crippen molar-refractivity contribution in [3.05, 3.63) is 83.4 Å². The standard InChI is InChI=1S/C26H26N2O6/c1-17-7-6-8-18(2)25(17)34-16-24(30)33-15-23(29)27-20-13-11-19(12-14-20)26(31)28-21-9-4-5-10-22(21)32-3/h4-14H,15-16H2,1-3H3,(H,27,29)(H,28,31). The Bertz CT molecular complexity index is 1150. The van der Waals surface area contributed by atoms with Gasteiger partial charge in [0.15, 0.2) is 13.2 Å². The number of carbonyl (C=O) groups excluding carboxylic acids is 3. The molecule has 2 N–H and O–H groups in total. The normalized spacial score (nSPS) is 10.2. The summed E-state index contributed by atoms with van der Waals surface area (Å²) in [6, 6.07) is 19.1. The highest BCUT2D eigenvalue weighted by Crippen LogP contribution is 2.24. The van der Waals surface area contributed by atoms with Crippen molar-refractivity contribution in [3.8, 4) is 11.5 Å². The fourth-order valence-corrected chi connectivity index (χ4v) is 3.19. The SMILES string of the molecule is COc1ccccc1NC(=O)c1ccc(NC(=O)COC(=O)COc2c(C)cccc2C)cc1. The zero-order valence-electron chi connectivity index (χ0n) is 19.2. The van der Waals surface area contributed by atoms with E-state index in [0.29, 0.717) is 28.4 Å². The van der Waals surface area contributed by atoms with Crippen LogP contribution >= 0.6 is 0 Å². The Morgan fingerprint density at radius 3 is 2.15 bits per heavy atom. The summed E-state index contributed by atoms with van der Waals surface area (Å²) in [5.41, 5.74) is 3.23. The number of para-hydroxylation sites is 3. The molecule has 0 atom stereocenters. The van der Waals surface area contributed by atoms with Crippen molar-refractivity contribution in [1.29, 1.82) is 0 Å². The van der Waals surface area contributed by atoms with Crippen molar-refractivity contribution >= 4 is 29.2 Å². The third-order valence-electron chi connectivity index (χ3n) is 4.89. The van der Waals surface area contributed by atoms with Crippen LogP contribution in [0, 0.1) is 13.8 Å². The molecule has 0 aromatic heterocycles. The van der Waals surface area contributed by atoms with Crippen LogP contribution in [0.5, 0.6) is 11.5 Å². The number of hydrogen-bond acceptors (Lipinski definition) is 6. The van der Waals surface area contributed by atoms with Gasteiger partial charge in [0, 0.05) is 11.3 Å². The Balaban J connectivity index is 1.46. The number of methoxy groups -OCH3 is 1. The second-order valence-electron chi connectivity index (χ2n) is 7.45. The lowest BCUT2D eigenvalue weighted by molar-refractivity contribution is -0.149. The molecule has 176 valence electrons. The molecule has 0 saturated heterocycles. The lowest BCUT2D eigenvalue weighted by Crippen LogP contribution is -2.24. The number of carbonyl (C=O) groups is 3. The second-order valence-corrected chi connectivity index (χ2v) is 7.45. The maximum atomic E-state index is 12.5. The lowest BCUT2D eigenvalue weighted by Gasteiger charge is -2.12. The molecule has 0 heterocycles. The van der Waals surface area contributed by atoms with E-state index in [4.69, 9.17) is 14.2 Å². The van der Waals surface area contributed by atoms with Crippen molar-refractivity contribution in [1.82, 2.24) is 0 Å². The van der Waals surface area contributed by atoms with Gasteiger partial charge in [-0.1, -0.05) is 30.3 Å². The van der Waals surface area contributed by atoms with Crippen molar-refractivity contribution in [2.45, 2.75) is 13.8 Å². The molecule has 34 heavy (non-hydrogen) atoms. The van der Waals surface area contributed by atoms with Crippen LogP contribution in [0.2, 0.25) is 0 Å². The molecule has 8 nitrogen and oxygen atoms in total. The molecule has 0 saturated carbocycles. The van der Waals surface area contributed by atoms with Crippen LogP contribution in [-0.4, -0.2) is 38.1 Å². The zero-order chi connectivity index (χ0) is 24.5. The Morgan fingerprint density at radius 1 is 0.794 bits per heavy atom. The van der Waals surface area contributed by atoms with Crippen LogP contribution < -0.4 is 20.1 Å². The van der Waals surface area contributed by atoms with Crippen LogP contribution in [-0.2, 0) is 14.3 Å². The Labute approximate surface area is 197 Å². The first-order valence-electron chi connectivity index (χ1n) is 10.6. The number of nitrogens with one attached hydrogen (secondary N) is 2. The zero-order valence-corrected chi connectivity index (χ0v) is 19.2. The van der Waals surface area contributed by atoms with Gasteiger partial charge in [0.2, 0.25) is 0 Å². The molecule has 3 rings (SSSR count). The maximum Gasteiger partial charge on any atom is 0.344 e. The summed E-state index contributed by atoms with van der Waals surface area (Å²) in [6.07, 6.45) is 0. The van der Waals surface area contributed by atoms with Crippen LogP contribution in [0.4, 0.5) is 11.4 Å². The van der Waals surface area contributed by atoms with Gasteiger partial charge in [-0.25, -0.2) is 4.79 Å². The van der Waals surface area contributed by atoms with E-state index >= 15 is 0 Å². The van der Waals surface area contributed by atoms with E-state index in [2.05, 4.69) is 10.6 Å². The molecule has 0 aliphatic rings. The van der Waals surface area contributed by atoms with Gasteiger partial charge in [-0.2, -0.15) is 0 Å². The molecule has 0 aliphatic heterocycles. The molecule has 0 bridgehead atoms. The van der Waals surface area contributed by atoms with Gasteiger partial charge < -0.3 is 24.8 Å². The Morgan fingerprint density at radius 2 is 1.47 bits per heavy atom. The smallest absolute Gasteiger partial charge is 0.344 e. The summed E-state index contributed by atoms with van der Waals surface area (Å²) < 4.78 is 15.7. The van der Waals surface area contributed by atoms with Crippen molar-refractivity contribution < 1.29 is 28.6 Å². The highest BCUT2D eigenvalue weighted by atomic mass is 16.6. The fourth-order valence-electron chi connectivity index (χ4n) is 3.19. The summed E-state index contributed by atoms with van der Waals surface area (Å²) in [5.74, 6) is -0.305. The first-order chi connectivity index (χ1) is 16.4. The number of rotatable bonds is 9. The second kappa shape index (κ2) is 11.5. The minimum atomic E-state index is -0.652. The van der Waals surface area contributed by atoms with Crippen LogP contribution in [0.1, 0.15) is 21.5 Å². The average Bonchev–Trinajstić information content (AvgIpc) is 2.83. The van der Waals surface area contributed by atoms with E-state index in [1.807, 2.05) is 32.0 Å². The molecule has 0 radical (unpaired) electrons. The van der Waals surface area contributed by atoms with E-state index in [1.165, 1.54) is 7.11 Å². The molecule has 0 fully saturated rings. The summed E-state index contributed by atoms with van der Waals surface area (Å²) in [7, 11) is 1.53. The molecular weight excluding hydrogens is 436 g/mol. The molecule has 3 aromatic carbocycles. The molecule has 8 heteroatoms. The summed E-state index contributed by atoms with van der Waals surface area (Å²) in [4.78, 5) is 36.5. The molecular formula is C26H26N2O6. The number of anilines is 2. The van der Waals surface area contributed by atoms with Crippen molar-refractivity contribution in [2.75, 3.05) is 31.0 Å². The summed E-state index contributed by atoms with van der Waals surface area (Å²) in [6.45, 7) is 3.02. The topological polar surface area (TPSA) is 103 Å².